The Labute approximate surface area is 79.8 Å². The highest BCUT2D eigenvalue weighted by molar-refractivity contribution is 5.62. The Hall–Kier alpha value is -1.59. The van der Waals surface area contributed by atoms with Crippen LogP contribution in [0.2, 0.25) is 0 Å². The number of carboxylic acid groups (broad SMARTS) is 1. The van der Waals surface area contributed by atoms with Gasteiger partial charge in [0.05, 0.1) is 0 Å². The molecule has 4 nitrogen and oxygen atoms in total. The Balaban J connectivity index is 0. The monoisotopic (exact) mass is 210 g/mol. The van der Waals surface area contributed by atoms with Crippen LogP contribution in [0.4, 0.5) is 8.78 Å². The van der Waals surface area contributed by atoms with Gasteiger partial charge in [-0.15, -0.1) is 0 Å². The van der Waals surface area contributed by atoms with Crippen molar-refractivity contribution in [2.24, 2.45) is 0 Å². The van der Waals surface area contributed by atoms with Crippen molar-refractivity contribution in [3.05, 3.63) is 17.9 Å². The summed E-state index contributed by atoms with van der Waals surface area (Å²) < 4.78 is 27.3. The first-order chi connectivity index (χ1) is 5.93. The van der Waals surface area contributed by atoms with Gasteiger partial charge in [0.15, 0.2) is 5.76 Å². The fraction of sp³-hybridized carbons (Fsp3) is 0.375. The Morgan fingerprint density at radius 3 is 2.07 bits per heavy atom. The molecule has 1 rings (SSSR count). The molecule has 6 heteroatoms. The predicted molar refractivity (Wildman–Crippen MR) is 45.4 cm³/mol. The lowest BCUT2D eigenvalue weighted by Gasteiger charge is -1.88. The van der Waals surface area contributed by atoms with Crippen LogP contribution in [0, 0.1) is 0 Å². The number of aromatic hydroxyl groups is 1. The minimum atomic E-state index is -2.65. The van der Waals surface area contributed by atoms with Crippen LogP contribution < -0.4 is 0 Å². The van der Waals surface area contributed by atoms with E-state index in [1.54, 1.807) is 0 Å². The average molecular weight is 210 g/mol. The van der Waals surface area contributed by atoms with Gasteiger partial charge in [-0.2, -0.15) is 0 Å². The van der Waals surface area contributed by atoms with E-state index in [9.17, 15) is 8.78 Å². The summed E-state index contributed by atoms with van der Waals surface area (Å²) in [4.78, 5) is 9.00. The molecule has 0 saturated carbocycles. The van der Waals surface area contributed by atoms with E-state index in [4.69, 9.17) is 15.0 Å². The molecule has 0 unspecified atom stereocenters. The number of aliphatic carboxylic acids is 1. The van der Waals surface area contributed by atoms with E-state index in [2.05, 4.69) is 4.42 Å². The van der Waals surface area contributed by atoms with Gasteiger partial charge in [0, 0.05) is 13.0 Å². The zero-order chi connectivity index (χ0) is 10.4. The summed E-state index contributed by atoms with van der Waals surface area (Å²) in [6.07, 6.45) is -2.65. The van der Waals surface area contributed by atoms with Gasteiger partial charge in [-0.3, -0.25) is 4.79 Å². The summed E-state index contributed by atoms with van der Waals surface area (Å²) in [5.41, 5.74) is 0. The first-order valence-corrected chi connectivity index (χ1v) is 3.20. The molecule has 0 amide bonds. The van der Waals surface area contributed by atoms with Crippen molar-refractivity contribution >= 4 is 5.97 Å². The quantitative estimate of drug-likeness (QED) is 0.747. The normalized spacial score (nSPS) is 8.57. The Bertz CT molecular complexity index is 266. The molecule has 1 heterocycles. The third kappa shape index (κ3) is 7.08. The van der Waals surface area contributed by atoms with Gasteiger partial charge < -0.3 is 14.6 Å². The summed E-state index contributed by atoms with van der Waals surface area (Å²) in [7, 11) is 0. The molecule has 0 bridgehead atoms. The standard InChI is InChI=1S/C5H4F2O2.C2H4O2.CH4/c6-5(7)3-1-2-4(8)9-3;1-2(3)4;/h1-2,5,8H;1H3,(H,3,4);1H4. The van der Waals surface area contributed by atoms with Crippen LogP contribution in [-0.4, -0.2) is 16.2 Å². The second-order valence-electron chi connectivity index (χ2n) is 2.00. The van der Waals surface area contributed by atoms with Gasteiger partial charge in [0.25, 0.3) is 18.3 Å². The van der Waals surface area contributed by atoms with Crippen LogP contribution in [0.3, 0.4) is 0 Å². The summed E-state index contributed by atoms with van der Waals surface area (Å²) >= 11 is 0. The molecular formula is C8H12F2O4. The molecule has 14 heavy (non-hydrogen) atoms. The van der Waals surface area contributed by atoms with Gasteiger partial charge in [0.2, 0.25) is 0 Å². The highest BCUT2D eigenvalue weighted by Gasteiger charge is 2.10. The van der Waals surface area contributed by atoms with E-state index in [0.29, 0.717) is 0 Å². The number of carbonyl (C=O) groups is 1. The highest BCUT2D eigenvalue weighted by Crippen LogP contribution is 2.23. The van der Waals surface area contributed by atoms with Crippen LogP contribution in [-0.2, 0) is 4.79 Å². The summed E-state index contributed by atoms with van der Waals surface area (Å²) in [6, 6.07) is 2.10. The molecule has 0 aromatic carbocycles. The van der Waals surface area contributed by atoms with Crippen molar-refractivity contribution in [1.82, 2.24) is 0 Å². The first kappa shape index (κ1) is 14.9. The third-order valence-electron chi connectivity index (χ3n) is 0.828. The topological polar surface area (TPSA) is 70.7 Å². The zero-order valence-corrected chi connectivity index (χ0v) is 6.70. The van der Waals surface area contributed by atoms with E-state index >= 15 is 0 Å². The molecule has 0 spiro atoms. The van der Waals surface area contributed by atoms with Gasteiger partial charge in [-0.1, -0.05) is 7.43 Å². The van der Waals surface area contributed by atoms with Gasteiger partial charge in [0.1, 0.15) is 0 Å². The van der Waals surface area contributed by atoms with Gasteiger partial charge in [-0.05, 0) is 6.07 Å². The number of furan rings is 1. The fourth-order valence-corrected chi connectivity index (χ4v) is 0.459. The lowest BCUT2D eigenvalue weighted by molar-refractivity contribution is -0.134. The van der Waals surface area contributed by atoms with Gasteiger partial charge >= 0.3 is 0 Å². The van der Waals surface area contributed by atoms with Crippen molar-refractivity contribution in [3.63, 3.8) is 0 Å². The van der Waals surface area contributed by atoms with Crippen molar-refractivity contribution < 1.29 is 28.2 Å². The van der Waals surface area contributed by atoms with Crippen LogP contribution in [0.25, 0.3) is 0 Å². The largest absolute Gasteiger partial charge is 0.481 e. The van der Waals surface area contributed by atoms with Crippen molar-refractivity contribution in [2.75, 3.05) is 0 Å². The minimum Gasteiger partial charge on any atom is -0.481 e. The van der Waals surface area contributed by atoms with Gasteiger partial charge in [-0.25, -0.2) is 8.78 Å². The van der Waals surface area contributed by atoms with Crippen LogP contribution in [0.1, 0.15) is 26.5 Å². The van der Waals surface area contributed by atoms with Crippen LogP contribution in [0.15, 0.2) is 16.5 Å². The number of hydrogen-bond donors (Lipinski definition) is 2. The summed E-state index contributed by atoms with van der Waals surface area (Å²) in [5.74, 6) is -1.82. The number of rotatable bonds is 1. The summed E-state index contributed by atoms with van der Waals surface area (Å²) in [5, 5.41) is 15.8. The van der Waals surface area contributed by atoms with Crippen LogP contribution >= 0.6 is 0 Å². The van der Waals surface area contributed by atoms with E-state index < -0.39 is 24.1 Å². The van der Waals surface area contributed by atoms with E-state index in [0.717, 1.165) is 19.1 Å². The second-order valence-corrected chi connectivity index (χ2v) is 2.00. The number of carboxylic acids is 1. The molecule has 0 aliphatic carbocycles. The minimum absolute atomic E-state index is 0. The van der Waals surface area contributed by atoms with E-state index in [1.165, 1.54) is 0 Å². The zero-order valence-electron chi connectivity index (χ0n) is 6.70. The molecule has 1 aromatic heterocycles. The highest BCUT2D eigenvalue weighted by atomic mass is 19.3. The maximum absolute atomic E-state index is 11.6. The molecule has 2 N–H and O–H groups in total. The first-order valence-electron chi connectivity index (χ1n) is 3.20. The molecule has 82 valence electrons. The van der Waals surface area contributed by atoms with E-state index in [-0.39, 0.29) is 7.43 Å². The molecule has 1 aromatic rings. The molecule has 0 saturated heterocycles. The number of alkyl halides is 2. The number of halogens is 2. The van der Waals surface area contributed by atoms with Crippen molar-refractivity contribution in [2.45, 2.75) is 20.8 Å². The fourth-order valence-electron chi connectivity index (χ4n) is 0.459. The lowest BCUT2D eigenvalue weighted by Crippen LogP contribution is -1.78. The van der Waals surface area contributed by atoms with Crippen LogP contribution in [0.5, 0.6) is 5.95 Å². The summed E-state index contributed by atoms with van der Waals surface area (Å²) in [6.45, 7) is 1.08. The van der Waals surface area contributed by atoms with Crippen molar-refractivity contribution in [1.29, 1.82) is 0 Å². The third-order valence-corrected chi connectivity index (χ3v) is 0.828. The Morgan fingerprint density at radius 2 is 1.93 bits per heavy atom. The SMILES string of the molecule is C.CC(=O)O.Oc1ccc(C(F)F)o1. The smallest absolute Gasteiger partial charge is 0.300 e. The maximum Gasteiger partial charge on any atom is 0.300 e. The average Bonchev–Trinajstić information content (AvgIpc) is 2.34. The molecule has 0 fully saturated rings. The Kier molecular flexibility index (Phi) is 7.32. The lowest BCUT2D eigenvalue weighted by atomic mass is 10.5. The predicted octanol–water partition coefficient (Wildman–Crippen LogP) is 2.65. The maximum atomic E-state index is 11.6. The second kappa shape index (κ2) is 6.88. The Morgan fingerprint density at radius 1 is 1.50 bits per heavy atom. The molecule has 0 radical (unpaired) electrons. The van der Waals surface area contributed by atoms with Crippen molar-refractivity contribution in [3.8, 4) is 5.95 Å². The molecule has 0 atom stereocenters. The molecule has 0 aliphatic heterocycles. The molecular weight excluding hydrogens is 198 g/mol. The van der Waals surface area contributed by atoms with E-state index in [1.807, 2.05) is 0 Å². The number of hydrogen-bond acceptors (Lipinski definition) is 3. The molecule has 0 aliphatic rings.